The Balaban J connectivity index is 2.01. The molecule has 0 radical (unpaired) electrons. The monoisotopic (exact) mass is 336 g/mol. The maximum absolute atomic E-state index is 5.96. The van der Waals surface area contributed by atoms with Crippen molar-refractivity contribution in [3.8, 4) is 11.8 Å². The zero-order chi connectivity index (χ0) is 17.8. The number of aromatic nitrogens is 4. The van der Waals surface area contributed by atoms with Crippen molar-refractivity contribution in [3.05, 3.63) is 65.1 Å². The Kier molecular flexibility index (Phi) is 5.12. The van der Waals surface area contributed by atoms with Crippen LogP contribution >= 0.6 is 0 Å². The third-order valence-corrected chi connectivity index (χ3v) is 4.06. The van der Waals surface area contributed by atoms with Gasteiger partial charge >= 0.3 is 0 Å². The van der Waals surface area contributed by atoms with Gasteiger partial charge in [0.15, 0.2) is 0 Å². The first-order valence-corrected chi connectivity index (χ1v) is 8.68. The Labute approximate surface area is 148 Å². The summed E-state index contributed by atoms with van der Waals surface area (Å²) in [5.41, 5.74) is 4.41. The van der Waals surface area contributed by atoms with Gasteiger partial charge in [-0.05, 0) is 38.3 Å². The van der Waals surface area contributed by atoms with E-state index < -0.39 is 0 Å². The van der Waals surface area contributed by atoms with Crippen LogP contribution in [0.25, 0.3) is 5.95 Å². The standard InChI is InChI=1S/C20H24N4O/c1-5-16-12-21-20(22-13-16)24-15(4)18(19(23-24)25-14(2)3)11-17-9-7-6-8-10-17/h6-10,12-14H,5,11H2,1-4H3. The molecule has 0 amide bonds. The van der Waals surface area contributed by atoms with Gasteiger partial charge in [-0.1, -0.05) is 37.3 Å². The van der Waals surface area contributed by atoms with Gasteiger partial charge in [0.2, 0.25) is 5.88 Å². The minimum atomic E-state index is 0.0562. The molecule has 0 atom stereocenters. The molecule has 1 aromatic carbocycles. The number of ether oxygens (including phenoxy) is 1. The topological polar surface area (TPSA) is 52.8 Å². The largest absolute Gasteiger partial charge is 0.474 e. The highest BCUT2D eigenvalue weighted by molar-refractivity contribution is 5.38. The van der Waals surface area contributed by atoms with Crippen molar-refractivity contribution in [1.29, 1.82) is 0 Å². The van der Waals surface area contributed by atoms with E-state index in [9.17, 15) is 0 Å². The molecular formula is C20H24N4O. The Morgan fingerprint density at radius 3 is 2.32 bits per heavy atom. The summed E-state index contributed by atoms with van der Waals surface area (Å²) in [7, 11) is 0. The zero-order valence-corrected chi connectivity index (χ0v) is 15.2. The highest BCUT2D eigenvalue weighted by Gasteiger charge is 2.19. The molecule has 0 saturated carbocycles. The maximum atomic E-state index is 5.96. The highest BCUT2D eigenvalue weighted by Crippen LogP contribution is 2.26. The molecular weight excluding hydrogens is 312 g/mol. The van der Waals surface area contributed by atoms with Crippen LogP contribution < -0.4 is 4.74 Å². The van der Waals surface area contributed by atoms with Gasteiger partial charge < -0.3 is 4.74 Å². The molecule has 2 aromatic heterocycles. The van der Waals surface area contributed by atoms with Crippen molar-refractivity contribution in [3.63, 3.8) is 0 Å². The average molecular weight is 336 g/mol. The number of aryl methyl sites for hydroxylation is 1. The molecule has 130 valence electrons. The van der Waals surface area contributed by atoms with Crippen molar-refractivity contribution in [2.75, 3.05) is 0 Å². The second kappa shape index (κ2) is 7.47. The van der Waals surface area contributed by atoms with Gasteiger partial charge in [0.25, 0.3) is 5.95 Å². The lowest BCUT2D eigenvalue weighted by Crippen LogP contribution is -2.08. The molecule has 0 saturated heterocycles. The predicted molar refractivity (Wildman–Crippen MR) is 98.3 cm³/mol. The van der Waals surface area contributed by atoms with Crippen molar-refractivity contribution in [2.45, 2.75) is 46.6 Å². The normalized spacial score (nSPS) is 11.1. The van der Waals surface area contributed by atoms with E-state index in [2.05, 4.69) is 34.1 Å². The summed E-state index contributed by atoms with van der Waals surface area (Å²) in [5.74, 6) is 1.22. The number of nitrogens with zero attached hydrogens (tertiary/aromatic N) is 4. The van der Waals surface area contributed by atoms with Gasteiger partial charge in [-0.2, -0.15) is 4.68 Å². The molecule has 0 fully saturated rings. The molecule has 0 aliphatic rings. The molecule has 3 aromatic rings. The van der Waals surface area contributed by atoms with Gasteiger partial charge in [-0.3, -0.25) is 0 Å². The SMILES string of the molecule is CCc1cnc(-n2nc(OC(C)C)c(Cc3ccccc3)c2C)nc1. The third-order valence-electron chi connectivity index (χ3n) is 4.06. The van der Waals surface area contributed by atoms with E-state index in [4.69, 9.17) is 4.74 Å². The molecule has 3 rings (SSSR count). The minimum absolute atomic E-state index is 0.0562. The van der Waals surface area contributed by atoms with Crippen LogP contribution in [0.3, 0.4) is 0 Å². The van der Waals surface area contributed by atoms with Crippen LogP contribution in [0, 0.1) is 6.92 Å². The van der Waals surface area contributed by atoms with E-state index >= 15 is 0 Å². The van der Waals surface area contributed by atoms with Crippen LogP contribution in [0.4, 0.5) is 0 Å². The average Bonchev–Trinajstić information content (AvgIpc) is 2.91. The van der Waals surface area contributed by atoms with E-state index in [0.29, 0.717) is 11.8 Å². The number of rotatable bonds is 6. The molecule has 2 heterocycles. The van der Waals surface area contributed by atoms with Gasteiger partial charge in [0, 0.05) is 24.4 Å². The van der Waals surface area contributed by atoms with Crippen LogP contribution in [0.5, 0.6) is 5.88 Å². The molecule has 0 bridgehead atoms. The van der Waals surface area contributed by atoms with Crippen molar-refractivity contribution >= 4 is 0 Å². The fourth-order valence-electron chi connectivity index (χ4n) is 2.66. The van der Waals surface area contributed by atoms with E-state index in [1.54, 1.807) is 4.68 Å². The summed E-state index contributed by atoms with van der Waals surface area (Å²) in [5, 5.41) is 4.64. The van der Waals surface area contributed by atoms with E-state index in [1.807, 2.05) is 51.4 Å². The lowest BCUT2D eigenvalue weighted by molar-refractivity contribution is 0.229. The molecule has 0 aliphatic carbocycles. The second-order valence-electron chi connectivity index (χ2n) is 6.35. The first-order valence-electron chi connectivity index (χ1n) is 8.68. The summed E-state index contributed by atoms with van der Waals surface area (Å²) in [6, 6.07) is 10.3. The quantitative estimate of drug-likeness (QED) is 0.685. The Morgan fingerprint density at radius 1 is 1.04 bits per heavy atom. The predicted octanol–water partition coefficient (Wildman–Crippen LogP) is 3.91. The van der Waals surface area contributed by atoms with Crippen LogP contribution in [0.1, 0.15) is 43.2 Å². The van der Waals surface area contributed by atoms with Crippen LogP contribution in [0.2, 0.25) is 0 Å². The zero-order valence-electron chi connectivity index (χ0n) is 15.2. The maximum Gasteiger partial charge on any atom is 0.250 e. The van der Waals surface area contributed by atoms with Crippen molar-refractivity contribution in [1.82, 2.24) is 19.7 Å². The molecule has 25 heavy (non-hydrogen) atoms. The first kappa shape index (κ1) is 17.1. The van der Waals surface area contributed by atoms with Gasteiger partial charge in [0.05, 0.1) is 11.8 Å². The fourth-order valence-corrected chi connectivity index (χ4v) is 2.66. The van der Waals surface area contributed by atoms with Crippen LogP contribution in [0.15, 0.2) is 42.7 Å². The Hall–Kier alpha value is -2.69. The van der Waals surface area contributed by atoms with Gasteiger partial charge in [0.1, 0.15) is 0 Å². The van der Waals surface area contributed by atoms with E-state index in [1.165, 1.54) is 5.56 Å². The Morgan fingerprint density at radius 2 is 1.72 bits per heavy atom. The van der Waals surface area contributed by atoms with E-state index in [0.717, 1.165) is 29.7 Å². The smallest absolute Gasteiger partial charge is 0.250 e. The summed E-state index contributed by atoms with van der Waals surface area (Å²) >= 11 is 0. The number of hydrogen-bond acceptors (Lipinski definition) is 4. The van der Waals surface area contributed by atoms with Crippen molar-refractivity contribution in [2.24, 2.45) is 0 Å². The number of hydrogen-bond donors (Lipinski definition) is 0. The third kappa shape index (κ3) is 3.87. The molecule has 0 spiro atoms. The molecule has 0 N–H and O–H groups in total. The summed E-state index contributed by atoms with van der Waals surface area (Å²) in [6.45, 7) is 8.14. The fraction of sp³-hybridized carbons (Fsp3) is 0.350. The van der Waals surface area contributed by atoms with Crippen molar-refractivity contribution < 1.29 is 4.74 Å². The van der Waals surface area contributed by atoms with Crippen LogP contribution in [-0.2, 0) is 12.8 Å². The Bertz CT molecular complexity index is 823. The summed E-state index contributed by atoms with van der Waals surface area (Å²) in [4.78, 5) is 8.91. The van der Waals surface area contributed by atoms with E-state index in [-0.39, 0.29) is 6.10 Å². The molecule has 5 nitrogen and oxygen atoms in total. The molecule has 0 aliphatic heterocycles. The van der Waals surface area contributed by atoms with Crippen LogP contribution in [-0.4, -0.2) is 25.9 Å². The van der Waals surface area contributed by atoms with Gasteiger partial charge in [-0.25, -0.2) is 9.97 Å². The first-order chi connectivity index (χ1) is 12.1. The lowest BCUT2D eigenvalue weighted by atomic mass is 10.1. The molecule has 5 heteroatoms. The summed E-state index contributed by atoms with van der Waals surface area (Å²) < 4.78 is 7.73. The minimum Gasteiger partial charge on any atom is -0.474 e. The highest BCUT2D eigenvalue weighted by atomic mass is 16.5. The lowest BCUT2D eigenvalue weighted by Gasteiger charge is -2.09. The number of benzene rings is 1. The second-order valence-corrected chi connectivity index (χ2v) is 6.35. The van der Waals surface area contributed by atoms with Gasteiger partial charge in [-0.15, -0.1) is 5.10 Å². The summed E-state index contributed by atoms with van der Waals surface area (Å²) in [6.07, 6.45) is 5.44. The molecule has 0 unspecified atom stereocenters.